The third kappa shape index (κ3) is 3.88. The number of nitrogens with two attached hydrogens (primary N) is 1. The van der Waals surface area contributed by atoms with Gasteiger partial charge in [0, 0.05) is 16.7 Å². The maximum absolute atomic E-state index is 9.89. The van der Waals surface area contributed by atoms with Crippen molar-refractivity contribution in [2.75, 3.05) is 32.2 Å². The number of nitrogens with zero attached hydrogens (tertiary/aromatic N) is 3. The van der Waals surface area contributed by atoms with Crippen LogP contribution in [0.3, 0.4) is 0 Å². The van der Waals surface area contributed by atoms with Crippen molar-refractivity contribution in [3.05, 3.63) is 35.4 Å². The molecule has 2 saturated heterocycles. The smallest absolute Gasteiger partial charge is 0.145 e. The molecule has 7 nitrogen and oxygen atoms in total. The zero-order valence-corrected chi connectivity index (χ0v) is 16.7. The van der Waals surface area contributed by atoms with Crippen LogP contribution in [0, 0.1) is 28.6 Å². The summed E-state index contributed by atoms with van der Waals surface area (Å²) >= 11 is 1.50. The third-order valence-corrected chi connectivity index (χ3v) is 6.37. The first-order chi connectivity index (χ1) is 14.1. The Morgan fingerprint density at radius 3 is 2.28 bits per heavy atom. The van der Waals surface area contributed by atoms with E-state index in [4.69, 9.17) is 19.9 Å². The van der Waals surface area contributed by atoms with Gasteiger partial charge in [0.15, 0.2) is 0 Å². The summed E-state index contributed by atoms with van der Waals surface area (Å²) in [6, 6.07) is 11.7. The number of rotatable bonds is 6. The van der Waals surface area contributed by atoms with E-state index in [1.165, 1.54) is 11.8 Å². The molecule has 0 amide bonds. The zero-order chi connectivity index (χ0) is 20.4. The van der Waals surface area contributed by atoms with E-state index in [2.05, 4.69) is 24.0 Å². The molecule has 29 heavy (non-hydrogen) atoms. The fourth-order valence-corrected chi connectivity index (χ4v) is 4.26. The van der Waals surface area contributed by atoms with Crippen molar-refractivity contribution in [1.82, 2.24) is 4.98 Å². The molecular formula is C21H20N4O3S. The van der Waals surface area contributed by atoms with Crippen LogP contribution in [0.25, 0.3) is 11.1 Å². The van der Waals surface area contributed by atoms with Gasteiger partial charge >= 0.3 is 0 Å². The fourth-order valence-electron chi connectivity index (χ4n) is 3.14. The highest BCUT2D eigenvalue weighted by atomic mass is 32.2. The molecule has 2 aliphatic rings. The van der Waals surface area contributed by atoms with Crippen molar-refractivity contribution in [3.63, 3.8) is 0 Å². The quantitative estimate of drug-likeness (QED) is 0.726. The van der Waals surface area contributed by atoms with E-state index >= 15 is 0 Å². The minimum Gasteiger partial charge on any atom is -0.486 e. The molecule has 1 atom stereocenters. The summed E-state index contributed by atoms with van der Waals surface area (Å²) < 4.78 is 16.2. The number of anilines is 1. The molecule has 0 bridgehead atoms. The lowest BCUT2D eigenvalue weighted by Gasteiger charge is -2.31. The standard InChI is InChI=1S/C21H20N4O3S/c1-12(14-8-26-9-14)29-21-18(7-23)19(17(6-22)20(24)25-21)13-2-4-15(5-3-13)28-16-10-27-11-16/h2-5,12,14,16H,8-11H2,1H3,(H2,24,25). The molecule has 1 aromatic carbocycles. The third-order valence-electron chi connectivity index (χ3n) is 5.09. The van der Waals surface area contributed by atoms with E-state index in [1.54, 1.807) is 0 Å². The number of hydrogen-bond acceptors (Lipinski definition) is 8. The van der Waals surface area contributed by atoms with Gasteiger partial charge in [-0.3, -0.25) is 0 Å². The van der Waals surface area contributed by atoms with Crippen molar-refractivity contribution in [1.29, 1.82) is 10.5 Å². The van der Waals surface area contributed by atoms with E-state index in [9.17, 15) is 10.5 Å². The molecule has 0 aliphatic carbocycles. The van der Waals surface area contributed by atoms with Crippen molar-refractivity contribution in [2.24, 2.45) is 5.92 Å². The lowest BCUT2D eigenvalue weighted by Crippen LogP contribution is -2.38. The number of nitrogen functional groups attached to an aromatic ring is 1. The van der Waals surface area contributed by atoms with Gasteiger partial charge in [0.25, 0.3) is 0 Å². The maximum Gasteiger partial charge on any atom is 0.145 e. The molecule has 0 spiro atoms. The lowest BCUT2D eigenvalue weighted by molar-refractivity contribution is -0.0796. The van der Waals surface area contributed by atoms with E-state index in [0.717, 1.165) is 5.56 Å². The summed E-state index contributed by atoms with van der Waals surface area (Å²) in [5.41, 5.74) is 7.92. The van der Waals surface area contributed by atoms with Crippen LogP contribution >= 0.6 is 11.8 Å². The molecule has 2 fully saturated rings. The van der Waals surface area contributed by atoms with Gasteiger partial charge in [-0.05, 0) is 17.7 Å². The number of aromatic nitrogens is 1. The van der Waals surface area contributed by atoms with Gasteiger partial charge in [-0.15, -0.1) is 11.8 Å². The first-order valence-corrected chi connectivity index (χ1v) is 10.2. The average molecular weight is 408 g/mol. The Kier molecular flexibility index (Phi) is 5.59. The Bertz CT molecular complexity index is 989. The van der Waals surface area contributed by atoms with Crippen LogP contribution in [0.1, 0.15) is 18.1 Å². The first-order valence-electron chi connectivity index (χ1n) is 9.33. The van der Waals surface area contributed by atoms with Gasteiger partial charge < -0.3 is 19.9 Å². The summed E-state index contributed by atoms with van der Waals surface area (Å²) in [7, 11) is 0. The Hall–Kier alpha value is -2.78. The molecular weight excluding hydrogens is 388 g/mol. The van der Waals surface area contributed by atoms with Crippen molar-refractivity contribution in [2.45, 2.75) is 23.3 Å². The zero-order valence-electron chi connectivity index (χ0n) is 15.9. The van der Waals surface area contributed by atoms with Gasteiger partial charge in [0.2, 0.25) is 0 Å². The molecule has 4 rings (SSSR count). The van der Waals surface area contributed by atoms with Crippen LogP contribution in [0.5, 0.6) is 5.75 Å². The predicted molar refractivity (Wildman–Crippen MR) is 108 cm³/mol. The van der Waals surface area contributed by atoms with Crippen LogP contribution < -0.4 is 10.5 Å². The summed E-state index contributed by atoms with van der Waals surface area (Å²) in [6.07, 6.45) is 0.0711. The highest BCUT2D eigenvalue weighted by molar-refractivity contribution is 7.99. The Balaban J connectivity index is 1.70. The van der Waals surface area contributed by atoms with Gasteiger partial charge in [0.05, 0.1) is 32.0 Å². The molecule has 1 aromatic heterocycles. The molecule has 8 heteroatoms. The van der Waals surface area contributed by atoms with E-state index in [1.807, 2.05) is 24.3 Å². The Morgan fingerprint density at radius 1 is 1.10 bits per heavy atom. The van der Waals surface area contributed by atoms with E-state index in [0.29, 0.717) is 54.2 Å². The van der Waals surface area contributed by atoms with Crippen LogP contribution in [-0.4, -0.2) is 42.8 Å². The number of hydrogen-bond donors (Lipinski definition) is 1. The highest BCUT2D eigenvalue weighted by Crippen LogP contribution is 2.39. The SMILES string of the molecule is CC(Sc1nc(N)c(C#N)c(-c2ccc(OC3COC3)cc2)c1C#N)C1COC1. The van der Waals surface area contributed by atoms with Crippen molar-refractivity contribution >= 4 is 17.6 Å². The first kappa shape index (κ1) is 19.5. The maximum atomic E-state index is 9.89. The summed E-state index contributed by atoms with van der Waals surface area (Å²) in [5.74, 6) is 1.27. The summed E-state index contributed by atoms with van der Waals surface area (Å²) in [4.78, 5) is 4.37. The number of thioether (sulfide) groups is 1. The fraction of sp³-hybridized carbons (Fsp3) is 0.381. The monoisotopic (exact) mass is 408 g/mol. The van der Waals surface area contributed by atoms with Gasteiger partial charge in [-0.25, -0.2) is 4.98 Å². The summed E-state index contributed by atoms with van der Waals surface area (Å²) in [6.45, 7) is 4.69. The minimum absolute atomic E-state index is 0.0711. The van der Waals surface area contributed by atoms with Crippen LogP contribution in [0.4, 0.5) is 5.82 Å². The van der Waals surface area contributed by atoms with E-state index < -0.39 is 0 Å². The van der Waals surface area contributed by atoms with E-state index in [-0.39, 0.29) is 22.7 Å². The molecule has 0 saturated carbocycles. The molecule has 3 heterocycles. The second kappa shape index (κ2) is 8.30. The lowest BCUT2D eigenvalue weighted by atomic mass is 9.97. The van der Waals surface area contributed by atoms with Crippen LogP contribution in [0.2, 0.25) is 0 Å². The largest absolute Gasteiger partial charge is 0.486 e. The Morgan fingerprint density at radius 2 is 1.76 bits per heavy atom. The number of benzene rings is 1. The molecule has 2 N–H and O–H groups in total. The average Bonchev–Trinajstić information content (AvgIpc) is 2.63. The normalized spacial score (nSPS) is 17.5. The minimum atomic E-state index is 0.0711. The molecule has 2 aliphatic heterocycles. The highest BCUT2D eigenvalue weighted by Gasteiger charge is 2.29. The van der Waals surface area contributed by atoms with Gasteiger partial charge in [0.1, 0.15) is 40.4 Å². The van der Waals surface area contributed by atoms with Gasteiger partial charge in [-0.2, -0.15) is 10.5 Å². The predicted octanol–water partition coefficient (Wildman–Crippen LogP) is 2.98. The molecule has 2 aromatic rings. The van der Waals surface area contributed by atoms with Crippen molar-refractivity contribution < 1.29 is 14.2 Å². The topological polar surface area (TPSA) is 114 Å². The van der Waals surface area contributed by atoms with Gasteiger partial charge in [-0.1, -0.05) is 19.1 Å². The second-order valence-electron chi connectivity index (χ2n) is 7.07. The molecule has 1 unspecified atom stereocenters. The Labute approximate surface area is 173 Å². The number of pyridine rings is 1. The second-order valence-corrected chi connectivity index (χ2v) is 8.44. The number of nitriles is 2. The van der Waals surface area contributed by atoms with Crippen LogP contribution in [0.15, 0.2) is 29.3 Å². The summed E-state index contributed by atoms with van der Waals surface area (Å²) in [5, 5.41) is 20.3. The van der Waals surface area contributed by atoms with Crippen molar-refractivity contribution in [3.8, 4) is 29.0 Å². The van der Waals surface area contributed by atoms with Crippen LogP contribution in [-0.2, 0) is 9.47 Å². The molecule has 148 valence electrons. The molecule has 0 radical (unpaired) electrons. The number of ether oxygens (including phenoxy) is 3.